The van der Waals surface area contributed by atoms with Gasteiger partial charge >= 0.3 is 5.97 Å². The van der Waals surface area contributed by atoms with Crippen molar-refractivity contribution in [1.82, 2.24) is 25.3 Å². The summed E-state index contributed by atoms with van der Waals surface area (Å²) in [6.45, 7) is 2.39. The van der Waals surface area contributed by atoms with Gasteiger partial charge in [-0.3, -0.25) is 4.79 Å². The summed E-state index contributed by atoms with van der Waals surface area (Å²) < 4.78 is 10.3. The molecule has 3 aromatic heterocycles. The van der Waals surface area contributed by atoms with Gasteiger partial charge in [0.2, 0.25) is 5.88 Å². The number of carbonyl (C=O) groups is 2. The Labute approximate surface area is 227 Å². The van der Waals surface area contributed by atoms with Gasteiger partial charge in [0.05, 0.1) is 35.3 Å². The normalized spacial score (nSPS) is 10.9. The molecule has 0 aliphatic carbocycles. The molecule has 3 N–H and O–H groups in total. The van der Waals surface area contributed by atoms with Crippen LogP contribution in [0, 0.1) is 0 Å². The van der Waals surface area contributed by atoms with Crippen molar-refractivity contribution < 1.29 is 24.2 Å². The van der Waals surface area contributed by atoms with E-state index in [1.807, 2.05) is 18.2 Å². The van der Waals surface area contributed by atoms with Crippen LogP contribution in [0.15, 0.2) is 60.1 Å². The Morgan fingerprint density at radius 1 is 1.10 bits per heavy atom. The average Bonchev–Trinajstić information content (AvgIpc) is 3.60. The second kappa shape index (κ2) is 11.3. The van der Waals surface area contributed by atoms with Crippen LogP contribution in [0.3, 0.4) is 0 Å². The number of carbonyl (C=O) groups excluding carboxylic acids is 2. The van der Waals surface area contributed by atoms with Crippen molar-refractivity contribution in [2.24, 2.45) is 0 Å². The van der Waals surface area contributed by atoms with Crippen LogP contribution in [-0.4, -0.2) is 57.2 Å². The molecule has 0 saturated carbocycles. The van der Waals surface area contributed by atoms with Crippen LogP contribution in [0.5, 0.6) is 11.6 Å². The van der Waals surface area contributed by atoms with E-state index in [2.05, 4.69) is 25.3 Å². The second-order valence-electron chi connectivity index (χ2n) is 8.46. The molecule has 10 nitrogen and oxygen atoms in total. The summed E-state index contributed by atoms with van der Waals surface area (Å²) in [5, 5.41) is 15.8. The number of methoxy groups -OCH3 is 1. The van der Waals surface area contributed by atoms with Gasteiger partial charge < -0.3 is 24.9 Å². The maximum Gasteiger partial charge on any atom is 0.357 e. The SMILES string of the molecule is CCOC(=O)c1csc(CCNC(=O)c2ccc3[nH]c(-c4cc(-c5cccnc5OC)ccc4O)nc3c2)n1. The van der Waals surface area contributed by atoms with Crippen LogP contribution >= 0.6 is 11.3 Å². The lowest BCUT2D eigenvalue weighted by molar-refractivity contribution is 0.0520. The van der Waals surface area contributed by atoms with Crippen LogP contribution in [0.4, 0.5) is 0 Å². The fourth-order valence-corrected chi connectivity index (χ4v) is 4.82. The molecule has 1 amide bonds. The number of nitrogens with one attached hydrogen (secondary N) is 2. The number of phenols is 1. The highest BCUT2D eigenvalue weighted by Gasteiger charge is 2.16. The first kappa shape index (κ1) is 25.9. The molecule has 3 heterocycles. The lowest BCUT2D eigenvalue weighted by atomic mass is 10.0. The summed E-state index contributed by atoms with van der Waals surface area (Å²) >= 11 is 1.35. The Bertz CT molecular complexity index is 1660. The number of aromatic hydroxyl groups is 1. The van der Waals surface area contributed by atoms with Crippen molar-refractivity contribution in [3.8, 4) is 34.1 Å². The standard InChI is InChI=1S/C28H25N5O5S/c1-3-38-28(36)22-15-39-24(31-22)10-12-29-26(35)17-6-8-20-21(14-17)33-25(32-20)19-13-16(7-9-23(19)34)18-5-4-11-30-27(18)37-2/h4-9,11,13-15,34H,3,10,12H2,1-2H3,(H,29,35)(H,32,33). The summed E-state index contributed by atoms with van der Waals surface area (Å²) in [4.78, 5) is 40.9. The number of hydrogen-bond donors (Lipinski definition) is 3. The Hall–Kier alpha value is -4.77. The predicted molar refractivity (Wildman–Crippen MR) is 147 cm³/mol. The molecule has 0 aliphatic heterocycles. The van der Waals surface area contributed by atoms with E-state index in [1.54, 1.807) is 55.9 Å². The summed E-state index contributed by atoms with van der Waals surface area (Å²) in [6, 6.07) is 14.1. The van der Waals surface area contributed by atoms with Crippen molar-refractivity contribution in [3.63, 3.8) is 0 Å². The van der Waals surface area contributed by atoms with E-state index in [9.17, 15) is 14.7 Å². The van der Waals surface area contributed by atoms with E-state index in [1.165, 1.54) is 11.3 Å². The number of benzene rings is 2. The third-order valence-corrected chi connectivity index (χ3v) is 6.84. The summed E-state index contributed by atoms with van der Waals surface area (Å²) in [5.41, 5.74) is 4.13. The number of nitrogens with zero attached hydrogens (tertiary/aromatic N) is 3. The Morgan fingerprint density at radius 2 is 1.97 bits per heavy atom. The number of rotatable bonds is 9. The topological polar surface area (TPSA) is 139 Å². The molecule has 0 bridgehead atoms. The maximum absolute atomic E-state index is 12.8. The predicted octanol–water partition coefficient (Wildman–Crippen LogP) is 4.61. The molecule has 39 heavy (non-hydrogen) atoms. The van der Waals surface area contributed by atoms with E-state index in [-0.39, 0.29) is 24.0 Å². The third-order valence-electron chi connectivity index (χ3n) is 5.93. The first-order chi connectivity index (χ1) is 19.0. The quantitative estimate of drug-likeness (QED) is 0.229. The molecule has 0 unspecified atom stereocenters. The minimum absolute atomic E-state index is 0.0620. The first-order valence-electron chi connectivity index (χ1n) is 12.2. The number of aromatic nitrogens is 4. The van der Waals surface area contributed by atoms with Crippen molar-refractivity contribution >= 4 is 34.2 Å². The van der Waals surface area contributed by atoms with Gasteiger partial charge in [-0.2, -0.15) is 0 Å². The van der Waals surface area contributed by atoms with Crippen LogP contribution in [-0.2, 0) is 11.2 Å². The molecule has 0 saturated heterocycles. The van der Waals surface area contributed by atoms with Crippen molar-refractivity contribution in [1.29, 1.82) is 0 Å². The number of amides is 1. The van der Waals surface area contributed by atoms with Crippen LogP contribution < -0.4 is 10.1 Å². The number of phenolic OH excluding ortho intramolecular Hbond substituents is 1. The fraction of sp³-hybridized carbons (Fsp3) is 0.179. The lowest BCUT2D eigenvalue weighted by Gasteiger charge is -2.09. The number of imidazole rings is 1. The summed E-state index contributed by atoms with van der Waals surface area (Å²) in [7, 11) is 1.56. The highest BCUT2D eigenvalue weighted by Crippen LogP contribution is 2.35. The van der Waals surface area contributed by atoms with Crippen LogP contribution in [0.1, 0.15) is 32.8 Å². The Morgan fingerprint density at radius 3 is 2.79 bits per heavy atom. The number of hydrogen-bond acceptors (Lipinski definition) is 9. The van der Waals surface area contributed by atoms with Crippen LogP contribution in [0.25, 0.3) is 33.5 Å². The third kappa shape index (κ3) is 5.58. The van der Waals surface area contributed by atoms with Gasteiger partial charge in [0.25, 0.3) is 5.91 Å². The molecule has 0 aliphatic rings. The molecular weight excluding hydrogens is 518 g/mol. The van der Waals surface area contributed by atoms with Gasteiger partial charge in [0.15, 0.2) is 5.69 Å². The number of thiazole rings is 1. The van der Waals surface area contributed by atoms with Crippen LogP contribution in [0.2, 0.25) is 0 Å². The van der Waals surface area contributed by atoms with Crippen molar-refractivity contribution in [3.05, 3.63) is 76.4 Å². The molecule has 11 heteroatoms. The number of pyridine rings is 1. The molecular formula is C28H25N5O5S. The van der Waals surface area contributed by atoms with E-state index in [4.69, 9.17) is 9.47 Å². The first-order valence-corrected chi connectivity index (χ1v) is 13.1. The average molecular weight is 544 g/mol. The van der Waals surface area contributed by atoms with Gasteiger partial charge in [0.1, 0.15) is 11.6 Å². The van der Waals surface area contributed by atoms with Crippen molar-refractivity contribution in [2.75, 3.05) is 20.3 Å². The number of esters is 1. The number of fused-ring (bicyclic) bond motifs is 1. The zero-order valence-electron chi connectivity index (χ0n) is 21.2. The highest BCUT2D eigenvalue weighted by atomic mass is 32.1. The van der Waals surface area contributed by atoms with E-state index < -0.39 is 5.97 Å². The number of ether oxygens (including phenoxy) is 2. The summed E-state index contributed by atoms with van der Waals surface area (Å²) in [6.07, 6.45) is 2.14. The zero-order valence-corrected chi connectivity index (χ0v) is 22.0. The van der Waals surface area contributed by atoms with Crippen molar-refractivity contribution in [2.45, 2.75) is 13.3 Å². The molecule has 0 radical (unpaired) electrons. The van der Waals surface area contributed by atoms with Gasteiger partial charge in [-0.25, -0.2) is 19.7 Å². The Kier molecular flexibility index (Phi) is 7.50. The minimum atomic E-state index is -0.451. The molecule has 198 valence electrons. The summed E-state index contributed by atoms with van der Waals surface area (Å²) in [5.74, 6) is 0.297. The van der Waals surface area contributed by atoms with Gasteiger partial charge in [0, 0.05) is 35.7 Å². The number of H-pyrrole nitrogens is 1. The van der Waals surface area contributed by atoms with E-state index >= 15 is 0 Å². The van der Waals surface area contributed by atoms with E-state index in [0.717, 1.165) is 21.7 Å². The number of aromatic amines is 1. The molecule has 0 atom stereocenters. The monoisotopic (exact) mass is 543 g/mol. The molecule has 0 fully saturated rings. The molecule has 5 aromatic rings. The largest absolute Gasteiger partial charge is 0.507 e. The molecule has 2 aromatic carbocycles. The lowest BCUT2D eigenvalue weighted by Crippen LogP contribution is -2.25. The van der Waals surface area contributed by atoms with Gasteiger partial charge in [-0.15, -0.1) is 11.3 Å². The Balaban J connectivity index is 1.30. The maximum atomic E-state index is 12.8. The van der Waals surface area contributed by atoms with Gasteiger partial charge in [-0.05, 0) is 55.0 Å². The van der Waals surface area contributed by atoms with Gasteiger partial charge in [-0.1, -0.05) is 6.07 Å². The highest BCUT2D eigenvalue weighted by molar-refractivity contribution is 7.09. The minimum Gasteiger partial charge on any atom is -0.507 e. The molecule has 0 spiro atoms. The second-order valence-corrected chi connectivity index (χ2v) is 9.41. The van der Waals surface area contributed by atoms with E-state index in [0.29, 0.717) is 41.3 Å². The zero-order chi connectivity index (χ0) is 27.4. The fourth-order valence-electron chi connectivity index (χ4n) is 4.05. The smallest absolute Gasteiger partial charge is 0.357 e. The molecule has 5 rings (SSSR count).